The van der Waals surface area contributed by atoms with Gasteiger partial charge in [-0.3, -0.25) is 4.79 Å². The largest absolute Gasteiger partial charge is 0.373 e. The third kappa shape index (κ3) is 4.24. The molecule has 1 amide bonds. The molecule has 4 nitrogen and oxygen atoms in total. The first-order valence-corrected chi connectivity index (χ1v) is 7.42. The molecule has 1 unspecified atom stereocenters. The van der Waals surface area contributed by atoms with Crippen molar-refractivity contribution in [2.24, 2.45) is 0 Å². The first kappa shape index (κ1) is 15.4. The summed E-state index contributed by atoms with van der Waals surface area (Å²) in [5.74, 6) is -0.405. The number of likely N-dealkylation sites (tertiary alicyclic amines) is 1. The maximum atomic E-state index is 12.2. The van der Waals surface area contributed by atoms with E-state index in [4.69, 9.17) is 11.6 Å². The number of nitriles is 1. The molecule has 1 aromatic carbocycles. The molecule has 1 fully saturated rings. The summed E-state index contributed by atoms with van der Waals surface area (Å²) in [5, 5.41) is 12.5. The van der Waals surface area contributed by atoms with Crippen molar-refractivity contribution in [1.29, 1.82) is 5.26 Å². The lowest BCUT2D eigenvalue weighted by molar-refractivity contribution is -0.112. The van der Waals surface area contributed by atoms with Gasteiger partial charge in [0.2, 0.25) is 0 Å². The summed E-state index contributed by atoms with van der Waals surface area (Å²) in [4.78, 5) is 14.2. The number of rotatable bonds is 3. The van der Waals surface area contributed by atoms with Crippen LogP contribution in [0.15, 0.2) is 36.0 Å². The van der Waals surface area contributed by atoms with E-state index in [1.54, 1.807) is 30.5 Å². The molecule has 1 saturated heterocycles. The number of piperidine rings is 1. The van der Waals surface area contributed by atoms with Crippen molar-refractivity contribution in [3.05, 3.63) is 41.1 Å². The molecule has 0 bridgehead atoms. The van der Waals surface area contributed by atoms with E-state index in [0.29, 0.717) is 16.8 Å². The molecule has 0 spiro atoms. The van der Waals surface area contributed by atoms with Crippen LogP contribution in [0.2, 0.25) is 5.02 Å². The molecular weight excluding hydrogens is 286 g/mol. The van der Waals surface area contributed by atoms with E-state index >= 15 is 0 Å². The average Bonchev–Trinajstić information content (AvgIpc) is 2.46. The highest BCUT2D eigenvalue weighted by Crippen LogP contribution is 2.19. The SMILES string of the molecule is CC1CCCCN1/C=C(/C#N)C(=O)Nc1cccc(Cl)c1. The van der Waals surface area contributed by atoms with Gasteiger partial charge in [0.15, 0.2) is 0 Å². The number of carbonyl (C=O) groups is 1. The molecule has 1 aliphatic heterocycles. The van der Waals surface area contributed by atoms with Crippen LogP contribution >= 0.6 is 11.6 Å². The van der Waals surface area contributed by atoms with Crippen LogP contribution in [0.3, 0.4) is 0 Å². The van der Waals surface area contributed by atoms with Crippen molar-refractivity contribution in [3.8, 4) is 6.07 Å². The summed E-state index contributed by atoms with van der Waals surface area (Å²) in [6, 6.07) is 9.21. The monoisotopic (exact) mass is 303 g/mol. The molecule has 1 aromatic rings. The zero-order valence-electron chi connectivity index (χ0n) is 12.0. The minimum atomic E-state index is -0.405. The van der Waals surface area contributed by atoms with Gasteiger partial charge in [0.25, 0.3) is 5.91 Å². The Balaban J connectivity index is 2.09. The predicted octanol–water partition coefficient (Wildman–Crippen LogP) is 3.56. The number of nitrogens with zero attached hydrogens (tertiary/aromatic N) is 2. The minimum absolute atomic E-state index is 0.115. The maximum Gasteiger partial charge on any atom is 0.267 e. The van der Waals surface area contributed by atoms with Crippen molar-refractivity contribution in [2.75, 3.05) is 11.9 Å². The van der Waals surface area contributed by atoms with Crippen LogP contribution in [0.25, 0.3) is 0 Å². The van der Waals surface area contributed by atoms with E-state index in [-0.39, 0.29) is 5.57 Å². The third-order valence-electron chi connectivity index (χ3n) is 3.60. The van der Waals surface area contributed by atoms with Gasteiger partial charge in [-0.25, -0.2) is 0 Å². The molecule has 5 heteroatoms. The van der Waals surface area contributed by atoms with Gasteiger partial charge >= 0.3 is 0 Å². The van der Waals surface area contributed by atoms with Crippen molar-refractivity contribution in [1.82, 2.24) is 4.90 Å². The number of nitrogens with one attached hydrogen (secondary N) is 1. The van der Waals surface area contributed by atoms with Crippen LogP contribution in [0.4, 0.5) is 5.69 Å². The first-order valence-electron chi connectivity index (χ1n) is 7.04. The first-order chi connectivity index (χ1) is 10.1. The Morgan fingerprint density at radius 1 is 1.52 bits per heavy atom. The molecule has 0 saturated carbocycles. The second kappa shape index (κ2) is 7.14. The zero-order chi connectivity index (χ0) is 15.2. The lowest BCUT2D eigenvalue weighted by Crippen LogP contribution is -2.34. The summed E-state index contributed by atoms with van der Waals surface area (Å²) < 4.78 is 0. The van der Waals surface area contributed by atoms with E-state index < -0.39 is 5.91 Å². The van der Waals surface area contributed by atoms with Crippen molar-refractivity contribution < 1.29 is 4.79 Å². The minimum Gasteiger partial charge on any atom is -0.373 e. The number of hydrogen-bond donors (Lipinski definition) is 1. The second-order valence-electron chi connectivity index (χ2n) is 5.20. The molecule has 1 N–H and O–H groups in total. The molecule has 0 radical (unpaired) electrons. The topological polar surface area (TPSA) is 56.1 Å². The highest BCUT2D eigenvalue weighted by Gasteiger charge is 2.18. The molecule has 1 aliphatic rings. The summed E-state index contributed by atoms with van der Waals surface area (Å²) >= 11 is 5.88. The normalized spacial score (nSPS) is 19.0. The van der Waals surface area contributed by atoms with Crippen LogP contribution in [0.1, 0.15) is 26.2 Å². The average molecular weight is 304 g/mol. The number of hydrogen-bond acceptors (Lipinski definition) is 3. The van der Waals surface area contributed by atoms with Gasteiger partial charge in [-0.2, -0.15) is 5.26 Å². The fourth-order valence-electron chi connectivity index (χ4n) is 2.38. The van der Waals surface area contributed by atoms with Gasteiger partial charge in [0, 0.05) is 29.5 Å². The zero-order valence-corrected chi connectivity index (χ0v) is 12.7. The highest BCUT2D eigenvalue weighted by molar-refractivity contribution is 6.31. The van der Waals surface area contributed by atoms with Crippen LogP contribution in [0.5, 0.6) is 0 Å². The van der Waals surface area contributed by atoms with E-state index in [9.17, 15) is 10.1 Å². The summed E-state index contributed by atoms with van der Waals surface area (Å²) in [6.45, 7) is 3.00. The lowest BCUT2D eigenvalue weighted by atomic mass is 10.0. The van der Waals surface area contributed by atoms with Gasteiger partial charge < -0.3 is 10.2 Å². The molecule has 110 valence electrons. The Bertz CT molecular complexity index is 591. The van der Waals surface area contributed by atoms with Gasteiger partial charge in [-0.1, -0.05) is 17.7 Å². The summed E-state index contributed by atoms with van der Waals surface area (Å²) in [7, 11) is 0. The molecule has 0 aromatic heterocycles. The molecule has 0 aliphatic carbocycles. The molecule has 2 rings (SSSR count). The molecular formula is C16H18ClN3O. The third-order valence-corrected chi connectivity index (χ3v) is 3.83. The van der Waals surface area contributed by atoms with Gasteiger partial charge in [-0.05, 0) is 44.4 Å². The van der Waals surface area contributed by atoms with Crippen molar-refractivity contribution in [2.45, 2.75) is 32.2 Å². The van der Waals surface area contributed by atoms with Crippen molar-refractivity contribution >= 4 is 23.2 Å². The molecule has 1 heterocycles. The Morgan fingerprint density at radius 2 is 2.33 bits per heavy atom. The Labute approximate surface area is 130 Å². The highest BCUT2D eigenvalue weighted by atomic mass is 35.5. The smallest absolute Gasteiger partial charge is 0.267 e. The van der Waals surface area contributed by atoms with E-state index in [1.165, 1.54) is 6.42 Å². The fraction of sp³-hybridized carbons (Fsp3) is 0.375. The lowest BCUT2D eigenvalue weighted by Gasteiger charge is -2.32. The standard InChI is InChI=1S/C16H18ClN3O/c1-12-5-2-3-8-20(12)11-13(10-18)16(21)19-15-7-4-6-14(17)9-15/h4,6-7,9,11-12H,2-3,5,8H2,1H3,(H,19,21)/b13-11-. The number of amides is 1. The van der Waals surface area contributed by atoms with Gasteiger partial charge in [0.05, 0.1) is 0 Å². The number of benzene rings is 1. The van der Waals surface area contributed by atoms with Crippen LogP contribution in [0, 0.1) is 11.3 Å². The van der Waals surface area contributed by atoms with E-state index in [1.807, 2.05) is 6.07 Å². The summed E-state index contributed by atoms with van der Waals surface area (Å²) in [6.07, 6.45) is 5.05. The van der Waals surface area contributed by atoms with Gasteiger partial charge in [-0.15, -0.1) is 0 Å². The van der Waals surface area contributed by atoms with Crippen LogP contribution in [-0.2, 0) is 4.79 Å². The number of halogens is 1. The van der Waals surface area contributed by atoms with Crippen LogP contribution < -0.4 is 5.32 Å². The molecule has 1 atom stereocenters. The fourth-order valence-corrected chi connectivity index (χ4v) is 2.57. The van der Waals surface area contributed by atoms with E-state index in [0.717, 1.165) is 19.4 Å². The quantitative estimate of drug-likeness (QED) is 0.686. The Hall–Kier alpha value is -1.99. The molecule has 21 heavy (non-hydrogen) atoms. The van der Waals surface area contributed by atoms with Crippen molar-refractivity contribution in [3.63, 3.8) is 0 Å². The van der Waals surface area contributed by atoms with Crippen LogP contribution in [-0.4, -0.2) is 23.4 Å². The second-order valence-corrected chi connectivity index (χ2v) is 5.64. The number of carbonyl (C=O) groups excluding carboxylic acids is 1. The van der Waals surface area contributed by atoms with Gasteiger partial charge in [0.1, 0.15) is 11.6 Å². The number of anilines is 1. The van der Waals surface area contributed by atoms with E-state index in [2.05, 4.69) is 17.1 Å². The predicted molar refractivity (Wildman–Crippen MR) is 83.8 cm³/mol. The summed E-state index contributed by atoms with van der Waals surface area (Å²) in [5.41, 5.74) is 0.698. The Morgan fingerprint density at radius 3 is 3.00 bits per heavy atom. The Kier molecular flexibility index (Phi) is 5.24. The maximum absolute atomic E-state index is 12.2.